The lowest BCUT2D eigenvalue weighted by atomic mass is 10.2. The molecule has 1 amide bonds. The molecule has 8 heteroatoms. The number of carbonyl (C=O) groups excluding carboxylic acids is 2. The van der Waals surface area contributed by atoms with E-state index in [1.54, 1.807) is 25.1 Å². The summed E-state index contributed by atoms with van der Waals surface area (Å²) in [7, 11) is 0. The fourth-order valence-electron chi connectivity index (χ4n) is 2.38. The number of carbonyl (C=O) groups is 2. The number of halogens is 2. The van der Waals surface area contributed by atoms with E-state index in [9.17, 15) is 14.0 Å². The molecule has 0 saturated carbocycles. The van der Waals surface area contributed by atoms with Crippen molar-refractivity contribution in [2.45, 2.75) is 19.4 Å². The summed E-state index contributed by atoms with van der Waals surface area (Å²) in [6, 6.07) is 8.68. The molecule has 0 aliphatic heterocycles. The summed E-state index contributed by atoms with van der Waals surface area (Å²) in [4.78, 5) is 31.6. The van der Waals surface area contributed by atoms with Crippen LogP contribution in [-0.4, -0.2) is 27.9 Å². The van der Waals surface area contributed by atoms with E-state index in [4.69, 9.17) is 16.3 Å². The molecule has 2 aromatic carbocycles. The van der Waals surface area contributed by atoms with Crippen molar-refractivity contribution in [3.05, 3.63) is 59.1 Å². The molecule has 0 aliphatic rings. The topological polar surface area (TPSA) is 84.1 Å². The van der Waals surface area contributed by atoms with Crippen molar-refractivity contribution >= 4 is 40.2 Å². The molecule has 0 bridgehead atoms. The van der Waals surface area contributed by atoms with Crippen molar-refractivity contribution in [1.82, 2.24) is 9.97 Å². The van der Waals surface area contributed by atoms with Crippen molar-refractivity contribution in [1.29, 1.82) is 0 Å². The van der Waals surface area contributed by atoms with Crippen LogP contribution in [0.25, 0.3) is 11.0 Å². The second kappa shape index (κ2) is 7.53. The molecule has 0 fully saturated rings. The predicted molar refractivity (Wildman–Crippen MR) is 95.6 cm³/mol. The Hall–Kier alpha value is -2.93. The SMILES string of the molecule is CCC(OC(=O)c1ccc2nc[nH]c2c1)C(=O)Nc1ccc(F)c(Cl)c1. The van der Waals surface area contributed by atoms with E-state index in [1.807, 2.05) is 0 Å². The average Bonchev–Trinajstić information content (AvgIpc) is 3.10. The van der Waals surface area contributed by atoms with Crippen LogP contribution < -0.4 is 5.32 Å². The van der Waals surface area contributed by atoms with E-state index in [0.717, 1.165) is 11.6 Å². The number of aromatic amines is 1. The fourth-order valence-corrected chi connectivity index (χ4v) is 2.56. The number of benzene rings is 2. The van der Waals surface area contributed by atoms with Crippen LogP contribution in [-0.2, 0) is 9.53 Å². The summed E-state index contributed by atoms with van der Waals surface area (Å²) in [5, 5.41) is 2.45. The Morgan fingerprint density at radius 1 is 1.31 bits per heavy atom. The molecule has 0 aliphatic carbocycles. The Labute approximate surface area is 153 Å². The molecule has 1 atom stereocenters. The van der Waals surface area contributed by atoms with Gasteiger partial charge in [-0.15, -0.1) is 0 Å². The minimum atomic E-state index is -0.996. The van der Waals surface area contributed by atoms with Crippen molar-refractivity contribution in [2.75, 3.05) is 5.32 Å². The highest BCUT2D eigenvalue weighted by atomic mass is 35.5. The molecule has 0 saturated heterocycles. The molecular weight excluding hydrogens is 361 g/mol. The van der Waals surface area contributed by atoms with E-state index in [0.29, 0.717) is 16.8 Å². The van der Waals surface area contributed by atoms with Crippen LogP contribution >= 0.6 is 11.6 Å². The minimum absolute atomic E-state index is 0.110. The van der Waals surface area contributed by atoms with E-state index >= 15 is 0 Å². The molecule has 3 rings (SSSR count). The van der Waals surface area contributed by atoms with Crippen LogP contribution in [0.4, 0.5) is 10.1 Å². The van der Waals surface area contributed by atoms with Gasteiger partial charge in [0.2, 0.25) is 0 Å². The van der Waals surface area contributed by atoms with Crippen LogP contribution in [0.1, 0.15) is 23.7 Å². The van der Waals surface area contributed by atoms with E-state index in [1.165, 1.54) is 18.5 Å². The lowest BCUT2D eigenvalue weighted by Crippen LogP contribution is -2.32. The number of ether oxygens (including phenoxy) is 1. The molecule has 1 aromatic heterocycles. The molecule has 1 unspecified atom stereocenters. The number of esters is 1. The van der Waals surface area contributed by atoms with E-state index in [2.05, 4.69) is 15.3 Å². The van der Waals surface area contributed by atoms with Crippen LogP contribution in [0.15, 0.2) is 42.7 Å². The lowest BCUT2D eigenvalue weighted by molar-refractivity contribution is -0.124. The third kappa shape index (κ3) is 3.83. The Bertz CT molecular complexity index is 973. The predicted octanol–water partition coefficient (Wildman–Crippen LogP) is 3.93. The van der Waals surface area contributed by atoms with Gasteiger partial charge in [-0.1, -0.05) is 18.5 Å². The highest BCUT2D eigenvalue weighted by Gasteiger charge is 2.22. The highest BCUT2D eigenvalue weighted by molar-refractivity contribution is 6.31. The van der Waals surface area contributed by atoms with Crippen LogP contribution in [0, 0.1) is 5.82 Å². The standard InChI is InChI=1S/C18H15ClFN3O3/c1-2-16(17(24)23-11-4-5-13(20)12(19)8-11)26-18(25)10-3-6-14-15(7-10)22-9-21-14/h3-9,16H,2H2,1H3,(H,21,22)(H,23,24). The third-order valence-corrected chi connectivity index (χ3v) is 4.05. The third-order valence-electron chi connectivity index (χ3n) is 3.76. The minimum Gasteiger partial charge on any atom is -0.449 e. The monoisotopic (exact) mass is 375 g/mol. The summed E-state index contributed by atoms with van der Waals surface area (Å²) in [6.45, 7) is 1.72. The number of rotatable bonds is 5. The van der Waals surface area contributed by atoms with Crippen LogP contribution in [0.2, 0.25) is 5.02 Å². The number of amides is 1. The first kappa shape index (κ1) is 17.9. The Morgan fingerprint density at radius 3 is 2.85 bits per heavy atom. The van der Waals surface area contributed by atoms with Crippen molar-refractivity contribution < 1.29 is 18.7 Å². The molecular formula is C18H15ClFN3O3. The van der Waals surface area contributed by atoms with Crippen LogP contribution in [0.5, 0.6) is 0 Å². The number of H-pyrrole nitrogens is 1. The normalized spacial score (nSPS) is 12.0. The largest absolute Gasteiger partial charge is 0.449 e. The van der Waals surface area contributed by atoms with Gasteiger partial charge in [-0.3, -0.25) is 4.79 Å². The van der Waals surface area contributed by atoms with Crippen LogP contribution in [0.3, 0.4) is 0 Å². The van der Waals surface area contributed by atoms with Crippen molar-refractivity contribution in [3.63, 3.8) is 0 Å². The number of hydrogen-bond donors (Lipinski definition) is 2. The first-order chi connectivity index (χ1) is 12.5. The van der Waals surface area contributed by atoms with Gasteiger partial charge in [0, 0.05) is 5.69 Å². The Morgan fingerprint density at radius 2 is 2.12 bits per heavy atom. The molecule has 6 nitrogen and oxygen atoms in total. The zero-order chi connectivity index (χ0) is 18.7. The average molecular weight is 376 g/mol. The van der Waals surface area contributed by atoms with Gasteiger partial charge in [-0.25, -0.2) is 14.2 Å². The molecule has 1 heterocycles. The fraction of sp³-hybridized carbons (Fsp3) is 0.167. The first-order valence-electron chi connectivity index (χ1n) is 7.88. The molecule has 0 radical (unpaired) electrons. The van der Waals surface area contributed by atoms with E-state index < -0.39 is 23.8 Å². The summed E-state index contributed by atoms with van der Waals surface area (Å²) in [5.41, 5.74) is 2.03. The quantitative estimate of drug-likeness (QED) is 0.662. The van der Waals surface area contributed by atoms with Gasteiger partial charge in [0.25, 0.3) is 5.91 Å². The molecule has 26 heavy (non-hydrogen) atoms. The number of aromatic nitrogens is 2. The highest BCUT2D eigenvalue weighted by Crippen LogP contribution is 2.20. The van der Waals surface area contributed by atoms with Gasteiger partial charge >= 0.3 is 5.97 Å². The summed E-state index contributed by atoms with van der Waals surface area (Å²) in [6.07, 6.45) is 0.804. The Balaban J connectivity index is 1.70. The summed E-state index contributed by atoms with van der Waals surface area (Å²) >= 11 is 5.69. The summed E-state index contributed by atoms with van der Waals surface area (Å²) < 4.78 is 18.5. The zero-order valence-electron chi connectivity index (χ0n) is 13.8. The van der Waals surface area contributed by atoms with Gasteiger partial charge in [0.1, 0.15) is 5.82 Å². The maximum absolute atomic E-state index is 13.2. The number of fused-ring (bicyclic) bond motifs is 1. The maximum atomic E-state index is 13.2. The van der Waals surface area contributed by atoms with Gasteiger partial charge in [0.15, 0.2) is 6.10 Å². The smallest absolute Gasteiger partial charge is 0.338 e. The van der Waals surface area contributed by atoms with Crippen molar-refractivity contribution in [3.8, 4) is 0 Å². The van der Waals surface area contributed by atoms with Crippen molar-refractivity contribution in [2.24, 2.45) is 0 Å². The second-order valence-corrected chi connectivity index (χ2v) is 5.96. The lowest BCUT2D eigenvalue weighted by Gasteiger charge is -2.16. The number of imidazole rings is 1. The number of nitrogens with zero attached hydrogens (tertiary/aromatic N) is 1. The first-order valence-corrected chi connectivity index (χ1v) is 8.25. The van der Waals surface area contributed by atoms with Gasteiger partial charge in [0.05, 0.1) is 27.9 Å². The molecule has 0 spiro atoms. The van der Waals surface area contributed by atoms with Gasteiger partial charge in [-0.2, -0.15) is 0 Å². The van der Waals surface area contributed by atoms with Gasteiger partial charge < -0.3 is 15.0 Å². The number of hydrogen-bond acceptors (Lipinski definition) is 4. The molecule has 2 N–H and O–H groups in total. The zero-order valence-corrected chi connectivity index (χ0v) is 14.5. The van der Waals surface area contributed by atoms with E-state index in [-0.39, 0.29) is 11.4 Å². The summed E-state index contributed by atoms with van der Waals surface area (Å²) in [5.74, 6) is -1.73. The maximum Gasteiger partial charge on any atom is 0.338 e. The molecule has 134 valence electrons. The van der Waals surface area contributed by atoms with Gasteiger partial charge in [-0.05, 0) is 42.8 Å². The molecule has 3 aromatic rings. The number of nitrogens with one attached hydrogen (secondary N) is 2. The second-order valence-electron chi connectivity index (χ2n) is 5.55. The number of anilines is 1. The Kier molecular flexibility index (Phi) is 5.18.